The molecule has 0 heterocycles. The second-order valence-corrected chi connectivity index (χ2v) is 4.43. The van der Waals surface area contributed by atoms with Gasteiger partial charge in [-0.1, -0.05) is 36.4 Å². The fraction of sp³-hybridized carbons (Fsp3) is 0.231. The van der Waals surface area contributed by atoms with Crippen molar-refractivity contribution in [2.75, 3.05) is 6.26 Å². The molecule has 1 aliphatic carbocycles. The minimum atomic E-state index is 0.325. The number of allylic oxidation sites excluding steroid dienone is 4. The normalized spacial score (nSPS) is 20.1. The van der Waals surface area contributed by atoms with E-state index in [9.17, 15) is 5.11 Å². The fourth-order valence-corrected chi connectivity index (χ4v) is 2.60. The lowest BCUT2D eigenvalue weighted by Crippen LogP contribution is -2.02. The summed E-state index contributed by atoms with van der Waals surface area (Å²) in [6.45, 7) is 0. The van der Waals surface area contributed by atoms with Gasteiger partial charge in [0.2, 0.25) is 0 Å². The molecule has 1 aliphatic rings. The Labute approximate surface area is 94.5 Å². The first-order valence-electron chi connectivity index (χ1n) is 5.01. The summed E-state index contributed by atoms with van der Waals surface area (Å²) in [5.41, 5.74) is 1.03. The van der Waals surface area contributed by atoms with Crippen LogP contribution in [0.1, 0.15) is 17.9 Å². The zero-order valence-electron chi connectivity index (χ0n) is 8.68. The third kappa shape index (κ3) is 2.10. The Morgan fingerprint density at radius 3 is 2.87 bits per heavy atom. The van der Waals surface area contributed by atoms with Gasteiger partial charge in [0.25, 0.3) is 0 Å². The van der Waals surface area contributed by atoms with Crippen molar-refractivity contribution in [3.05, 3.63) is 53.0 Å². The molecule has 15 heavy (non-hydrogen) atoms. The lowest BCUT2D eigenvalue weighted by molar-refractivity contribution is 0.465. The summed E-state index contributed by atoms with van der Waals surface area (Å²) in [5.74, 6) is 0.726. The van der Waals surface area contributed by atoms with Gasteiger partial charge in [-0.3, -0.25) is 0 Å². The van der Waals surface area contributed by atoms with Crippen LogP contribution < -0.4 is 0 Å². The molecule has 1 nitrogen and oxygen atoms in total. The molecule has 0 amide bonds. The average molecular weight is 218 g/mol. The van der Waals surface area contributed by atoms with Gasteiger partial charge in [-0.2, -0.15) is 0 Å². The number of aromatic hydroxyl groups is 1. The van der Waals surface area contributed by atoms with E-state index >= 15 is 0 Å². The van der Waals surface area contributed by atoms with E-state index < -0.39 is 0 Å². The summed E-state index contributed by atoms with van der Waals surface area (Å²) < 4.78 is 0. The number of benzene rings is 1. The standard InChI is InChI=1S/C13H14OS/c1-15-13-9-5-3-7-11(13)10-6-2-4-8-12(10)14/h2-6,8-9,11,14H,7H2,1H3. The highest BCUT2D eigenvalue weighted by atomic mass is 32.2. The second-order valence-electron chi connectivity index (χ2n) is 3.55. The van der Waals surface area contributed by atoms with Crippen molar-refractivity contribution < 1.29 is 5.11 Å². The van der Waals surface area contributed by atoms with Crippen LogP contribution in [0.3, 0.4) is 0 Å². The van der Waals surface area contributed by atoms with E-state index in [1.165, 1.54) is 4.91 Å². The molecule has 1 unspecified atom stereocenters. The zero-order valence-corrected chi connectivity index (χ0v) is 9.50. The summed E-state index contributed by atoms with van der Waals surface area (Å²) in [5, 5.41) is 9.82. The maximum absolute atomic E-state index is 9.82. The Bertz CT molecular complexity index is 407. The number of hydrogen-bond acceptors (Lipinski definition) is 2. The predicted octanol–water partition coefficient (Wildman–Crippen LogP) is 3.68. The van der Waals surface area contributed by atoms with Gasteiger partial charge >= 0.3 is 0 Å². The van der Waals surface area contributed by atoms with Crippen LogP contribution in [-0.2, 0) is 0 Å². The van der Waals surface area contributed by atoms with Crippen molar-refractivity contribution >= 4 is 11.8 Å². The minimum absolute atomic E-state index is 0.325. The predicted molar refractivity (Wildman–Crippen MR) is 66.2 cm³/mol. The fourth-order valence-electron chi connectivity index (χ4n) is 1.88. The van der Waals surface area contributed by atoms with Crippen LogP contribution in [0.5, 0.6) is 5.75 Å². The number of rotatable bonds is 2. The molecule has 2 heteroatoms. The van der Waals surface area contributed by atoms with Gasteiger partial charge in [0.1, 0.15) is 5.75 Å². The average Bonchev–Trinajstić information content (AvgIpc) is 2.30. The van der Waals surface area contributed by atoms with E-state index in [1.807, 2.05) is 18.2 Å². The first kappa shape index (κ1) is 10.4. The monoisotopic (exact) mass is 218 g/mol. The molecule has 1 atom stereocenters. The molecule has 1 aromatic rings. The number of phenols is 1. The highest BCUT2D eigenvalue weighted by Crippen LogP contribution is 2.39. The van der Waals surface area contributed by atoms with E-state index in [0.29, 0.717) is 11.7 Å². The van der Waals surface area contributed by atoms with Gasteiger partial charge in [0.15, 0.2) is 0 Å². The van der Waals surface area contributed by atoms with Crippen LogP contribution in [-0.4, -0.2) is 11.4 Å². The summed E-state index contributed by atoms with van der Waals surface area (Å²) in [7, 11) is 0. The Morgan fingerprint density at radius 1 is 1.33 bits per heavy atom. The Balaban J connectivity index is 2.35. The molecule has 78 valence electrons. The van der Waals surface area contributed by atoms with Crippen molar-refractivity contribution in [1.82, 2.24) is 0 Å². The molecule has 2 rings (SSSR count). The van der Waals surface area contributed by atoms with E-state index in [4.69, 9.17) is 0 Å². The SMILES string of the molecule is CSC1=CC=CCC1c1ccccc1O. The molecule has 0 spiro atoms. The molecule has 0 radical (unpaired) electrons. The van der Waals surface area contributed by atoms with E-state index in [2.05, 4.69) is 24.5 Å². The molecule has 0 saturated carbocycles. The lowest BCUT2D eigenvalue weighted by Gasteiger charge is -2.21. The molecule has 1 aromatic carbocycles. The van der Waals surface area contributed by atoms with Gasteiger partial charge in [0, 0.05) is 11.5 Å². The van der Waals surface area contributed by atoms with Crippen LogP contribution in [0, 0.1) is 0 Å². The Morgan fingerprint density at radius 2 is 2.13 bits per heavy atom. The zero-order chi connectivity index (χ0) is 10.7. The largest absolute Gasteiger partial charge is 0.508 e. The number of phenolic OH excluding ortho intramolecular Hbond substituents is 1. The van der Waals surface area contributed by atoms with Gasteiger partial charge in [0.05, 0.1) is 0 Å². The second kappa shape index (κ2) is 4.58. The number of para-hydroxylation sites is 1. The molecule has 0 fully saturated rings. The first-order valence-corrected chi connectivity index (χ1v) is 6.24. The molecule has 0 aromatic heterocycles. The van der Waals surface area contributed by atoms with Crippen LogP contribution in [0.2, 0.25) is 0 Å². The molecule has 0 bridgehead atoms. The molecule has 1 N–H and O–H groups in total. The van der Waals surface area contributed by atoms with E-state index in [0.717, 1.165) is 12.0 Å². The van der Waals surface area contributed by atoms with Crippen molar-refractivity contribution in [2.24, 2.45) is 0 Å². The number of thioether (sulfide) groups is 1. The van der Waals surface area contributed by atoms with Crippen LogP contribution >= 0.6 is 11.8 Å². The number of hydrogen-bond donors (Lipinski definition) is 1. The maximum atomic E-state index is 9.82. The highest BCUT2D eigenvalue weighted by Gasteiger charge is 2.19. The Kier molecular flexibility index (Phi) is 3.17. The van der Waals surface area contributed by atoms with Crippen molar-refractivity contribution in [1.29, 1.82) is 0 Å². The first-order chi connectivity index (χ1) is 7.33. The minimum Gasteiger partial charge on any atom is -0.508 e. The third-order valence-electron chi connectivity index (χ3n) is 2.66. The third-order valence-corrected chi connectivity index (χ3v) is 3.55. The smallest absolute Gasteiger partial charge is 0.119 e. The Hall–Kier alpha value is -1.15. The summed E-state index contributed by atoms with van der Waals surface area (Å²) >= 11 is 1.76. The summed E-state index contributed by atoms with van der Waals surface area (Å²) in [4.78, 5) is 1.32. The molecular formula is C13H14OS. The summed E-state index contributed by atoms with van der Waals surface area (Å²) in [6.07, 6.45) is 9.42. The molecule has 0 aliphatic heterocycles. The van der Waals surface area contributed by atoms with E-state index in [1.54, 1.807) is 17.8 Å². The molecule has 0 saturated heterocycles. The van der Waals surface area contributed by atoms with Crippen molar-refractivity contribution in [3.8, 4) is 5.75 Å². The van der Waals surface area contributed by atoms with Gasteiger partial charge in [-0.05, 0) is 23.6 Å². The van der Waals surface area contributed by atoms with Crippen LogP contribution in [0.4, 0.5) is 0 Å². The van der Waals surface area contributed by atoms with Crippen LogP contribution in [0.25, 0.3) is 0 Å². The van der Waals surface area contributed by atoms with Crippen molar-refractivity contribution in [2.45, 2.75) is 12.3 Å². The van der Waals surface area contributed by atoms with Crippen LogP contribution in [0.15, 0.2) is 47.4 Å². The van der Waals surface area contributed by atoms with Gasteiger partial charge in [-0.25, -0.2) is 0 Å². The quantitative estimate of drug-likeness (QED) is 0.817. The molecular weight excluding hydrogens is 204 g/mol. The lowest BCUT2D eigenvalue weighted by atomic mass is 9.91. The maximum Gasteiger partial charge on any atom is 0.119 e. The summed E-state index contributed by atoms with van der Waals surface area (Å²) in [6, 6.07) is 7.60. The van der Waals surface area contributed by atoms with E-state index in [-0.39, 0.29) is 0 Å². The van der Waals surface area contributed by atoms with Gasteiger partial charge in [-0.15, -0.1) is 11.8 Å². The van der Waals surface area contributed by atoms with Crippen molar-refractivity contribution in [3.63, 3.8) is 0 Å². The highest BCUT2D eigenvalue weighted by molar-refractivity contribution is 8.02. The topological polar surface area (TPSA) is 20.2 Å². The van der Waals surface area contributed by atoms with Gasteiger partial charge < -0.3 is 5.11 Å².